The van der Waals surface area contributed by atoms with E-state index in [1.807, 2.05) is 0 Å². The molecule has 264 valence electrons. The fourth-order valence-corrected chi connectivity index (χ4v) is 5.35. The third-order valence-corrected chi connectivity index (χ3v) is 8.17. The molecule has 20 atom stereocenters. The summed E-state index contributed by atoms with van der Waals surface area (Å²) in [5, 5.41) is 142. The summed E-state index contributed by atoms with van der Waals surface area (Å²) < 4.78 is 37.6. The Balaban J connectivity index is 1.45. The van der Waals surface area contributed by atoms with E-state index in [1.165, 1.54) is 0 Å². The largest absolute Gasteiger partial charge is 0.394 e. The Morgan fingerprint density at radius 1 is 0.356 bits per heavy atom. The SMILES string of the molecule is OC[C@H]1O[C@@H](OC[C@H]2O[C@H](O[C@@H]3[C@@H](O)[C@@H](O[C@H]4O[C@H](CO)[C@@H](O)[C@H](O)[C@H]4O)O[C@H](CO)[C@H]3O)[C@H](O)[C@@H](O)[C@@H]2O)[C@H](O)[C@@H](O)[C@@H]1O. The molecule has 0 saturated carbocycles. The number of hydrogen-bond donors (Lipinski definition) is 14. The molecule has 4 heterocycles. The lowest BCUT2D eigenvalue weighted by molar-refractivity contribution is -0.394. The van der Waals surface area contributed by atoms with Gasteiger partial charge in [0.25, 0.3) is 0 Å². The van der Waals surface area contributed by atoms with Gasteiger partial charge in [0, 0.05) is 0 Å². The van der Waals surface area contributed by atoms with Gasteiger partial charge >= 0.3 is 0 Å². The molecule has 21 nitrogen and oxygen atoms in total. The molecule has 14 N–H and O–H groups in total. The Kier molecular flexibility index (Phi) is 12.8. The Bertz CT molecular complexity index is 914. The van der Waals surface area contributed by atoms with Crippen LogP contribution in [-0.2, 0) is 33.2 Å². The van der Waals surface area contributed by atoms with Crippen LogP contribution >= 0.6 is 0 Å². The van der Waals surface area contributed by atoms with Gasteiger partial charge in [-0.25, -0.2) is 0 Å². The molecule has 0 aliphatic carbocycles. The van der Waals surface area contributed by atoms with Gasteiger partial charge in [-0.1, -0.05) is 0 Å². The van der Waals surface area contributed by atoms with Crippen molar-refractivity contribution < 1.29 is 105 Å². The zero-order valence-corrected chi connectivity index (χ0v) is 23.5. The van der Waals surface area contributed by atoms with Crippen LogP contribution in [0.15, 0.2) is 0 Å². The van der Waals surface area contributed by atoms with Crippen LogP contribution in [0.5, 0.6) is 0 Å². The van der Waals surface area contributed by atoms with E-state index < -0.39 is 149 Å². The number of ether oxygens (including phenoxy) is 7. The summed E-state index contributed by atoms with van der Waals surface area (Å²) >= 11 is 0. The Labute approximate surface area is 254 Å². The molecule has 45 heavy (non-hydrogen) atoms. The molecule has 21 heteroatoms. The van der Waals surface area contributed by atoms with E-state index in [2.05, 4.69) is 0 Å². The number of aliphatic hydroxyl groups excluding tert-OH is 14. The normalized spacial score (nSPS) is 52.9. The van der Waals surface area contributed by atoms with Crippen LogP contribution in [0.2, 0.25) is 0 Å². The molecule has 0 spiro atoms. The van der Waals surface area contributed by atoms with E-state index in [-0.39, 0.29) is 0 Å². The van der Waals surface area contributed by atoms with E-state index in [9.17, 15) is 71.5 Å². The van der Waals surface area contributed by atoms with Gasteiger partial charge in [-0.3, -0.25) is 0 Å². The lowest BCUT2D eigenvalue weighted by Crippen LogP contribution is -2.66. The first-order valence-corrected chi connectivity index (χ1v) is 14.1. The van der Waals surface area contributed by atoms with Crippen LogP contribution in [0.1, 0.15) is 0 Å². The van der Waals surface area contributed by atoms with Crippen LogP contribution in [0, 0.1) is 0 Å². The minimum atomic E-state index is -2.02. The lowest BCUT2D eigenvalue weighted by Gasteiger charge is -2.47. The van der Waals surface area contributed by atoms with Gasteiger partial charge in [0.15, 0.2) is 25.2 Å². The maximum Gasteiger partial charge on any atom is 0.189 e. The molecule has 0 aromatic heterocycles. The topological polar surface area (TPSA) is 348 Å². The molecule has 4 aliphatic rings. The zero-order chi connectivity index (χ0) is 33.3. The van der Waals surface area contributed by atoms with E-state index in [0.29, 0.717) is 0 Å². The van der Waals surface area contributed by atoms with E-state index in [1.54, 1.807) is 0 Å². The number of rotatable bonds is 10. The smallest absolute Gasteiger partial charge is 0.189 e. The standard InChI is InChI=1S/C24H42O21/c25-1-5-9(28)13(32)16(35)21(40-5)39-4-8-11(30)15(34)17(36)22(43-8)44-20-12(31)7(3-27)42-24(19(20)38)45-23-18(37)14(33)10(29)6(2-26)41-23/h5-38H,1-4H2/t5-,6-,7-,8-,9-,10-,11-,12-,13+,14+,15+,16-,17-,18-,19-,20+,21-,22-,23-,24-/m1/s1. The molecule has 0 aromatic rings. The van der Waals surface area contributed by atoms with Crippen molar-refractivity contribution in [3.05, 3.63) is 0 Å². The average Bonchev–Trinajstić information content (AvgIpc) is 3.03. The molecule has 4 aliphatic heterocycles. The van der Waals surface area contributed by atoms with Crippen LogP contribution in [-0.4, -0.2) is 221 Å². The molecule has 4 saturated heterocycles. The highest BCUT2D eigenvalue weighted by atomic mass is 16.8. The van der Waals surface area contributed by atoms with E-state index >= 15 is 0 Å². The summed E-state index contributed by atoms with van der Waals surface area (Å²) in [5.41, 5.74) is 0. The maximum absolute atomic E-state index is 11.0. The fourth-order valence-electron chi connectivity index (χ4n) is 5.35. The van der Waals surface area contributed by atoms with Gasteiger partial charge in [0.2, 0.25) is 0 Å². The number of aliphatic hydroxyl groups is 14. The van der Waals surface area contributed by atoms with Gasteiger partial charge < -0.3 is 105 Å². The second-order valence-electron chi connectivity index (χ2n) is 11.2. The first-order valence-electron chi connectivity index (χ1n) is 14.1. The summed E-state index contributed by atoms with van der Waals surface area (Å²) in [6, 6.07) is 0. The van der Waals surface area contributed by atoms with Crippen molar-refractivity contribution >= 4 is 0 Å². The summed E-state index contributed by atoms with van der Waals surface area (Å²) in [4.78, 5) is 0. The van der Waals surface area contributed by atoms with Crippen molar-refractivity contribution in [3.63, 3.8) is 0 Å². The highest BCUT2D eigenvalue weighted by Gasteiger charge is 2.53. The second kappa shape index (κ2) is 15.6. The minimum Gasteiger partial charge on any atom is -0.394 e. The molecule has 0 radical (unpaired) electrons. The zero-order valence-electron chi connectivity index (χ0n) is 23.5. The minimum absolute atomic E-state index is 0.700. The van der Waals surface area contributed by atoms with Gasteiger partial charge in [-0.05, 0) is 0 Å². The summed E-state index contributed by atoms with van der Waals surface area (Å²) in [6.45, 7) is -3.13. The quantitative estimate of drug-likeness (QED) is 0.103. The highest BCUT2D eigenvalue weighted by Crippen LogP contribution is 2.32. The lowest BCUT2D eigenvalue weighted by atomic mass is 9.96. The highest BCUT2D eigenvalue weighted by molar-refractivity contribution is 4.96. The Morgan fingerprint density at radius 2 is 0.711 bits per heavy atom. The van der Waals surface area contributed by atoms with Gasteiger partial charge in [0.05, 0.1) is 26.4 Å². The van der Waals surface area contributed by atoms with Crippen LogP contribution in [0.4, 0.5) is 0 Å². The molecule has 0 unspecified atom stereocenters. The summed E-state index contributed by atoms with van der Waals surface area (Å²) in [5.74, 6) is 0. The maximum atomic E-state index is 11.0. The van der Waals surface area contributed by atoms with Crippen molar-refractivity contribution in [2.75, 3.05) is 26.4 Å². The molecular formula is C24H42O21. The van der Waals surface area contributed by atoms with Crippen molar-refractivity contribution in [1.29, 1.82) is 0 Å². The van der Waals surface area contributed by atoms with E-state index in [4.69, 9.17) is 33.2 Å². The Hall–Kier alpha value is -0.840. The molecule has 0 amide bonds. The van der Waals surface area contributed by atoms with E-state index in [0.717, 1.165) is 0 Å². The molecule has 0 aromatic carbocycles. The predicted molar refractivity (Wildman–Crippen MR) is 134 cm³/mol. The first-order chi connectivity index (χ1) is 21.2. The average molecular weight is 667 g/mol. The monoisotopic (exact) mass is 666 g/mol. The summed E-state index contributed by atoms with van der Waals surface area (Å²) in [7, 11) is 0. The van der Waals surface area contributed by atoms with Crippen molar-refractivity contribution in [2.45, 2.75) is 123 Å². The molecule has 0 bridgehead atoms. The number of hydrogen-bond acceptors (Lipinski definition) is 21. The first kappa shape index (κ1) is 37.0. The molecule has 4 rings (SSSR count). The third kappa shape index (κ3) is 7.59. The molecule has 4 fully saturated rings. The molecular weight excluding hydrogens is 624 g/mol. The van der Waals surface area contributed by atoms with Gasteiger partial charge in [-0.2, -0.15) is 0 Å². The van der Waals surface area contributed by atoms with Crippen molar-refractivity contribution in [1.82, 2.24) is 0 Å². The van der Waals surface area contributed by atoms with Crippen LogP contribution < -0.4 is 0 Å². The van der Waals surface area contributed by atoms with Crippen molar-refractivity contribution in [3.8, 4) is 0 Å². The summed E-state index contributed by atoms with van der Waals surface area (Å²) in [6.07, 6.45) is -35.3. The van der Waals surface area contributed by atoms with Crippen LogP contribution in [0.3, 0.4) is 0 Å². The van der Waals surface area contributed by atoms with Crippen LogP contribution in [0.25, 0.3) is 0 Å². The second-order valence-corrected chi connectivity index (χ2v) is 11.2. The van der Waals surface area contributed by atoms with Gasteiger partial charge in [-0.15, -0.1) is 0 Å². The van der Waals surface area contributed by atoms with Gasteiger partial charge in [0.1, 0.15) is 97.7 Å². The fraction of sp³-hybridized carbons (Fsp3) is 1.00. The Morgan fingerprint density at radius 3 is 1.20 bits per heavy atom. The van der Waals surface area contributed by atoms with Crippen molar-refractivity contribution in [2.24, 2.45) is 0 Å². The predicted octanol–water partition coefficient (Wildman–Crippen LogP) is -9.75. The third-order valence-electron chi connectivity index (χ3n) is 8.17.